The standard InChI is InChI=1S/C12H11BrN2O2/c1-6-7(2)12(17)15(11(6)16)10-5-4-9(13)8(3)14-10/h4-5H,1-3H3. The zero-order valence-corrected chi connectivity index (χ0v) is 11.3. The van der Waals surface area contributed by atoms with Crippen LogP contribution in [0.1, 0.15) is 19.5 Å². The largest absolute Gasteiger partial charge is 0.269 e. The molecule has 0 bridgehead atoms. The van der Waals surface area contributed by atoms with Crippen LogP contribution in [0.4, 0.5) is 5.82 Å². The maximum Gasteiger partial charge on any atom is 0.262 e. The van der Waals surface area contributed by atoms with Gasteiger partial charge in [0.2, 0.25) is 0 Å². The minimum Gasteiger partial charge on any atom is -0.269 e. The van der Waals surface area contributed by atoms with E-state index in [-0.39, 0.29) is 11.8 Å². The molecule has 0 radical (unpaired) electrons. The highest BCUT2D eigenvalue weighted by atomic mass is 79.9. The molecule has 1 aliphatic heterocycles. The summed E-state index contributed by atoms with van der Waals surface area (Å²) in [7, 11) is 0. The fourth-order valence-corrected chi connectivity index (χ4v) is 1.83. The van der Waals surface area contributed by atoms with Crippen molar-refractivity contribution < 1.29 is 9.59 Å². The van der Waals surface area contributed by atoms with Gasteiger partial charge in [0.15, 0.2) is 0 Å². The normalized spacial score (nSPS) is 16.1. The monoisotopic (exact) mass is 294 g/mol. The molecule has 0 aliphatic carbocycles. The Morgan fingerprint density at radius 1 is 1.06 bits per heavy atom. The van der Waals surface area contributed by atoms with E-state index >= 15 is 0 Å². The summed E-state index contributed by atoms with van der Waals surface area (Å²) in [6, 6.07) is 3.43. The molecule has 0 atom stereocenters. The van der Waals surface area contributed by atoms with Gasteiger partial charge in [0.1, 0.15) is 5.82 Å². The molecule has 0 aromatic carbocycles. The van der Waals surface area contributed by atoms with Gasteiger partial charge in [-0.2, -0.15) is 0 Å². The summed E-state index contributed by atoms with van der Waals surface area (Å²) in [5, 5.41) is 0. The van der Waals surface area contributed by atoms with Crippen molar-refractivity contribution in [1.82, 2.24) is 4.98 Å². The number of pyridine rings is 1. The van der Waals surface area contributed by atoms with Crippen LogP contribution in [0.5, 0.6) is 0 Å². The predicted octanol–water partition coefficient (Wildman–Crippen LogP) is 2.36. The first kappa shape index (κ1) is 12.0. The molecule has 17 heavy (non-hydrogen) atoms. The zero-order chi connectivity index (χ0) is 12.7. The number of carbonyl (C=O) groups excluding carboxylic acids is 2. The quantitative estimate of drug-likeness (QED) is 0.747. The second kappa shape index (κ2) is 4.07. The van der Waals surface area contributed by atoms with Crippen molar-refractivity contribution in [2.24, 2.45) is 0 Å². The molecule has 2 amide bonds. The highest BCUT2D eigenvalue weighted by molar-refractivity contribution is 9.10. The Balaban J connectivity index is 2.47. The average Bonchev–Trinajstić information content (AvgIpc) is 2.48. The average molecular weight is 295 g/mol. The van der Waals surface area contributed by atoms with E-state index < -0.39 is 0 Å². The lowest BCUT2D eigenvalue weighted by molar-refractivity contribution is -0.120. The molecular weight excluding hydrogens is 284 g/mol. The number of aryl methyl sites for hydroxylation is 1. The van der Waals surface area contributed by atoms with Gasteiger partial charge < -0.3 is 0 Å². The van der Waals surface area contributed by atoms with Crippen LogP contribution >= 0.6 is 15.9 Å². The molecule has 0 saturated carbocycles. The Hall–Kier alpha value is -1.49. The van der Waals surface area contributed by atoms with Crippen LogP contribution in [-0.2, 0) is 9.59 Å². The van der Waals surface area contributed by atoms with E-state index in [4.69, 9.17) is 0 Å². The zero-order valence-electron chi connectivity index (χ0n) is 9.74. The van der Waals surface area contributed by atoms with Gasteiger partial charge in [-0.15, -0.1) is 0 Å². The fourth-order valence-electron chi connectivity index (χ4n) is 1.61. The van der Waals surface area contributed by atoms with Gasteiger partial charge in [-0.3, -0.25) is 9.59 Å². The number of aromatic nitrogens is 1. The number of nitrogens with zero attached hydrogens (tertiary/aromatic N) is 2. The van der Waals surface area contributed by atoms with Gasteiger partial charge >= 0.3 is 0 Å². The second-order valence-corrected chi connectivity index (χ2v) is 4.79. The van der Waals surface area contributed by atoms with Crippen LogP contribution in [0.3, 0.4) is 0 Å². The third-order valence-electron chi connectivity index (χ3n) is 2.85. The van der Waals surface area contributed by atoms with Crippen molar-refractivity contribution >= 4 is 33.6 Å². The van der Waals surface area contributed by atoms with Gasteiger partial charge in [0.05, 0.1) is 5.69 Å². The Labute approximate surface area is 107 Å². The predicted molar refractivity (Wildman–Crippen MR) is 67.5 cm³/mol. The fraction of sp³-hybridized carbons (Fsp3) is 0.250. The first-order chi connectivity index (χ1) is 7.93. The summed E-state index contributed by atoms with van der Waals surface area (Å²) >= 11 is 3.33. The van der Waals surface area contributed by atoms with E-state index in [1.807, 2.05) is 6.92 Å². The molecule has 88 valence electrons. The number of amides is 2. The number of hydrogen-bond donors (Lipinski definition) is 0. The van der Waals surface area contributed by atoms with Gasteiger partial charge in [-0.25, -0.2) is 9.88 Å². The lowest BCUT2D eigenvalue weighted by Gasteiger charge is -2.14. The number of imide groups is 1. The smallest absolute Gasteiger partial charge is 0.262 e. The van der Waals surface area contributed by atoms with Crippen molar-refractivity contribution in [1.29, 1.82) is 0 Å². The van der Waals surface area contributed by atoms with Crippen molar-refractivity contribution in [3.05, 3.63) is 33.4 Å². The molecule has 0 spiro atoms. The molecule has 0 fully saturated rings. The minimum atomic E-state index is -0.290. The first-order valence-electron chi connectivity index (χ1n) is 5.13. The van der Waals surface area contributed by atoms with Crippen molar-refractivity contribution in [3.63, 3.8) is 0 Å². The molecule has 5 heteroatoms. The summed E-state index contributed by atoms with van der Waals surface area (Å²) < 4.78 is 0.849. The molecule has 2 rings (SSSR count). The number of carbonyl (C=O) groups is 2. The highest BCUT2D eigenvalue weighted by Crippen LogP contribution is 2.26. The summed E-state index contributed by atoms with van der Waals surface area (Å²) in [5.74, 6) is -0.208. The molecular formula is C12H11BrN2O2. The van der Waals surface area contributed by atoms with E-state index in [1.165, 1.54) is 0 Å². The van der Waals surface area contributed by atoms with Crippen molar-refractivity contribution in [2.45, 2.75) is 20.8 Å². The van der Waals surface area contributed by atoms with E-state index in [9.17, 15) is 9.59 Å². The van der Waals surface area contributed by atoms with Crippen LogP contribution in [0.25, 0.3) is 0 Å². The van der Waals surface area contributed by atoms with Crippen LogP contribution in [-0.4, -0.2) is 16.8 Å². The van der Waals surface area contributed by atoms with E-state index in [0.717, 1.165) is 15.1 Å². The van der Waals surface area contributed by atoms with Crippen LogP contribution in [0.15, 0.2) is 27.8 Å². The maximum atomic E-state index is 11.9. The van der Waals surface area contributed by atoms with Gasteiger partial charge in [-0.05, 0) is 48.8 Å². The molecule has 1 aromatic heterocycles. The van der Waals surface area contributed by atoms with Gasteiger partial charge in [0, 0.05) is 15.6 Å². The SMILES string of the molecule is CC1=C(C)C(=O)N(c2ccc(Br)c(C)n2)C1=O. The summed E-state index contributed by atoms with van der Waals surface area (Å²) in [4.78, 5) is 29.2. The molecule has 0 unspecified atom stereocenters. The minimum absolute atomic E-state index is 0.290. The molecule has 0 saturated heterocycles. The Bertz CT molecular complexity index is 540. The number of hydrogen-bond acceptors (Lipinski definition) is 3. The van der Waals surface area contributed by atoms with Crippen LogP contribution in [0.2, 0.25) is 0 Å². The summed E-state index contributed by atoms with van der Waals surface area (Å²) in [6.45, 7) is 5.12. The van der Waals surface area contributed by atoms with Gasteiger partial charge in [-0.1, -0.05) is 0 Å². The Morgan fingerprint density at radius 2 is 1.59 bits per heavy atom. The first-order valence-corrected chi connectivity index (χ1v) is 5.92. The topological polar surface area (TPSA) is 50.3 Å². The molecule has 0 N–H and O–H groups in total. The maximum absolute atomic E-state index is 11.9. The van der Waals surface area contributed by atoms with Crippen LogP contribution in [0, 0.1) is 6.92 Å². The van der Waals surface area contributed by atoms with E-state index in [2.05, 4.69) is 20.9 Å². The molecule has 2 heterocycles. The third kappa shape index (κ3) is 1.80. The number of halogens is 1. The second-order valence-electron chi connectivity index (χ2n) is 3.93. The lowest BCUT2D eigenvalue weighted by Crippen LogP contribution is -2.32. The lowest BCUT2D eigenvalue weighted by atomic mass is 10.2. The van der Waals surface area contributed by atoms with E-state index in [1.54, 1.807) is 26.0 Å². The number of rotatable bonds is 1. The summed E-state index contributed by atoms with van der Waals surface area (Å²) in [6.07, 6.45) is 0. The van der Waals surface area contributed by atoms with Crippen molar-refractivity contribution in [2.75, 3.05) is 4.90 Å². The molecule has 1 aromatic rings. The molecule has 1 aliphatic rings. The highest BCUT2D eigenvalue weighted by Gasteiger charge is 2.35. The number of anilines is 1. The Morgan fingerprint density at radius 3 is 2.06 bits per heavy atom. The van der Waals surface area contributed by atoms with Gasteiger partial charge in [0.25, 0.3) is 11.8 Å². The van der Waals surface area contributed by atoms with E-state index in [0.29, 0.717) is 17.0 Å². The molecule has 4 nitrogen and oxygen atoms in total. The summed E-state index contributed by atoms with van der Waals surface area (Å²) in [5.41, 5.74) is 1.71. The van der Waals surface area contributed by atoms with Crippen molar-refractivity contribution in [3.8, 4) is 0 Å². The third-order valence-corrected chi connectivity index (χ3v) is 3.68. The van der Waals surface area contributed by atoms with Crippen LogP contribution < -0.4 is 4.90 Å². The Kier molecular flexibility index (Phi) is 2.87.